The molecule has 88 valence electrons. The number of benzene rings is 1. The lowest BCUT2D eigenvalue weighted by molar-refractivity contribution is -0.119. The molecule has 16 heavy (non-hydrogen) atoms. The summed E-state index contributed by atoms with van der Waals surface area (Å²) in [5.74, 6) is -0.312. The molecule has 0 heterocycles. The fourth-order valence-electron chi connectivity index (χ4n) is 1.88. The summed E-state index contributed by atoms with van der Waals surface area (Å²) in [5, 5.41) is 0. The van der Waals surface area contributed by atoms with Gasteiger partial charge in [-0.1, -0.05) is 19.1 Å². The summed E-state index contributed by atoms with van der Waals surface area (Å²) in [4.78, 5) is 13.3. The Morgan fingerprint density at radius 3 is 2.44 bits per heavy atom. The molecule has 0 bridgehead atoms. The minimum absolute atomic E-state index is 0.297. The summed E-state index contributed by atoms with van der Waals surface area (Å²) in [6, 6.07) is 7.21. The minimum atomic E-state index is -0.312. The second-order valence-electron chi connectivity index (χ2n) is 3.67. The first-order chi connectivity index (χ1) is 7.61. The highest BCUT2D eigenvalue weighted by molar-refractivity contribution is 5.85. The Hall–Kier alpha value is -1.71. The predicted molar refractivity (Wildman–Crippen MR) is 67.1 cm³/mol. The number of rotatable bonds is 5. The molecule has 1 unspecified atom stereocenters. The quantitative estimate of drug-likeness (QED) is 0.737. The van der Waals surface area contributed by atoms with Crippen LogP contribution in [-0.2, 0) is 4.79 Å². The first-order valence-corrected chi connectivity index (χ1v) is 5.52. The van der Waals surface area contributed by atoms with E-state index in [2.05, 4.69) is 0 Å². The van der Waals surface area contributed by atoms with E-state index in [1.807, 2.05) is 43.0 Å². The highest BCUT2D eigenvalue weighted by Gasteiger charge is 2.22. The van der Waals surface area contributed by atoms with Gasteiger partial charge < -0.3 is 16.4 Å². The van der Waals surface area contributed by atoms with Crippen LogP contribution in [0.2, 0.25) is 0 Å². The van der Waals surface area contributed by atoms with Crippen molar-refractivity contribution in [1.82, 2.24) is 0 Å². The number of nitrogens with two attached hydrogens (primary N) is 2. The zero-order chi connectivity index (χ0) is 12.1. The Morgan fingerprint density at radius 2 is 2.00 bits per heavy atom. The molecule has 0 aliphatic rings. The van der Waals surface area contributed by atoms with Gasteiger partial charge in [0.2, 0.25) is 5.91 Å². The number of para-hydroxylation sites is 2. The Balaban J connectivity index is 3.06. The van der Waals surface area contributed by atoms with E-state index in [0.29, 0.717) is 18.7 Å². The molecule has 1 rings (SSSR count). The number of primary amides is 1. The molecule has 4 N–H and O–H groups in total. The average Bonchev–Trinajstić information content (AvgIpc) is 2.26. The Morgan fingerprint density at radius 1 is 1.38 bits per heavy atom. The smallest absolute Gasteiger partial charge is 0.240 e. The van der Waals surface area contributed by atoms with Crippen molar-refractivity contribution >= 4 is 17.3 Å². The summed E-state index contributed by atoms with van der Waals surface area (Å²) >= 11 is 0. The number of nitrogen functional groups attached to an aromatic ring is 1. The molecule has 4 heteroatoms. The standard InChI is InChI=1S/C12H19N3O/c1-3-10(12(14)16)15(4-2)11-8-6-5-7-9(11)13/h5-8,10H,3-4,13H2,1-2H3,(H2,14,16). The third-order valence-corrected chi connectivity index (χ3v) is 2.68. The molecule has 0 aliphatic carbocycles. The third kappa shape index (κ3) is 2.45. The summed E-state index contributed by atoms with van der Waals surface area (Å²) < 4.78 is 0. The van der Waals surface area contributed by atoms with Crippen LogP contribution in [0.5, 0.6) is 0 Å². The van der Waals surface area contributed by atoms with Crippen LogP contribution in [0.3, 0.4) is 0 Å². The van der Waals surface area contributed by atoms with E-state index in [-0.39, 0.29) is 11.9 Å². The van der Waals surface area contributed by atoms with Crippen molar-refractivity contribution in [3.8, 4) is 0 Å². The number of carbonyl (C=O) groups is 1. The van der Waals surface area contributed by atoms with Crippen LogP contribution in [0.25, 0.3) is 0 Å². The van der Waals surface area contributed by atoms with Crippen molar-refractivity contribution in [3.05, 3.63) is 24.3 Å². The first kappa shape index (κ1) is 12.4. The molecule has 1 amide bonds. The van der Waals surface area contributed by atoms with Crippen LogP contribution in [-0.4, -0.2) is 18.5 Å². The van der Waals surface area contributed by atoms with Crippen LogP contribution in [0.1, 0.15) is 20.3 Å². The summed E-state index contributed by atoms with van der Waals surface area (Å²) in [5.41, 5.74) is 12.8. The molecular formula is C12H19N3O. The SMILES string of the molecule is CCC(C(N)=O)N(CC)c1ccccc1N. The normalized spacial score (nSPS) is 12.1. The Bertz CT molecular complexity index is 365. The van der Waals surface area contributed by atoms with Gasteiger partial charge in [0.15, 0.2) is 0 Å². The predicted octanol–water partition coefficient (Wildman–Crippen LogP) is 1.36. The van der Waals surface area contributed by atoms with E-state index >= 15 is 0 Å². The number of carbonyl (C=O) groups excluding carboxylic acids is 1. The fourth-order valence-corrected chi connectivity index (χ4v) is 1.88. The van der Waals surface area contributed by atoms with Crippen LogP contribution < -0.4 is 16.4 Å². The van der Waals surface area contributed by atoms with E-state index < -0.39 is 0 Å². The van der Waals surface area contributed by atoms with Crippen LogP contribution in [0, 0.1) is 0 Å². The van der Waals surface area contributed by atoms with Gasteiger partial charge in [-0.15, -0.1) is 0 Å². The van der Waals surface area contributed by atoms with Gasteiger partial charge in [-0.3, -0.25) is 4.79 Å². The van der Waals surface area contributed by atoms with E-state index in [1.54, 1.807) is 0 Å². The first-order valence-electron chi connectivity index (χ1n) is 5.52. The third-order valence-electron chi connectivity index (χ3n) is 2.68. The zero-order valence-electron chi connectivity index (χ0n) is 9.81. The molecule has 0 saturated heterocycles. The van der Waals surface area contributed by atoms with Gasteiger partial charge >= 0.3 is 0 Å². The summed E-state index contributed by atoms with van der Waals surface area (Å²) in [6.07, 6.45) is 0.678. The van der Waals surface area contributed by atoms with Gasteiger partial charge in [0.1, 0.15) is 6.04 Å². The lowest BCUT2D eigenvalue weighted by atomic mass is 10.1. The summed E-state index contributed by atoms with van der Waals surface area (Å²) in [7, 11) is 0. The van der Waals surface area contributed by atoms with Crippen molar-refractivity contribution in [2.45, 2.75) is 26.3 Å². The van der Waals surface area contributed by atoms with Gasteiger partial charge in [0.05, 0.1) is 11.4 Å². The maximum Gasteiger partial charge on any atom is 0.240 e. The second kappa shape index (κ2) is 5.39. The molecule has 0 radical (unpaired) electrons. The molecule has 4 nitrogen and oxygen atoms in total. The molecule has 0 aliphatic heterocycles. The molecule has 0 aromatic heterocycles. The van der Waals surface area contributed by atoms with E-state index in [0.717, 1.165) is 5.69 Å². The lowest BCUT2D eigenvalue weighted by Gasteiger charge is -2.30. The van der Waals surface area contributed by atoms with Gasteiger partial charge in [0.25, 0.3) is 0 Å². The number of hydrogen-bond donors (Lipinski definition) is 2. The highest BCUT2D eigenvalue weighted by Crippen LogP contribution is 2.25. The Labute approximate surface area is 96.2 Å². The van der Waals surface area contributed by atoms with Crippen molar-refractivity contribution in [3.63, 3.8) is 0 Å². The molecular weight excluding hydrogens is 202 g/mol. The van der Waals surface area contributed by atoms with Gasteiger partial charge in [-0.2, -0.15) is 0 Å². The topological polar surface area (TPSA) is 72.4 Å². The van der Waals surface area contributed by atoms with E-state index in [9.17, 15) is 4.79 Å². The average molecular weight is 221 g/mol. The maximum absolute atomic E-state index is 11.4. The molecule has 1 atom stereocenters. The van der Waals surface area contributed by atoms with E-state index in [1.165, 1.54) is 0 Å². The fraction of sp³-hybridized carbons (Fsp3) is 0.417. The zero-order valence-corrected chi connectivity index (χ0v) is 9.81. The lowest BCUT2D eigenvalue weighted by Crippen LogP contribution is -2.44. The Kier molecular flexibility index (Phi) is 4.17. The van der Waals surface area contributed by atoms with E-state index in [4.69, 9.17) is 11.5 Å². The highest BCUT2D eigenvalue weighted by atomic mass is 16.1. The van der Waals surface area contributed by atoms with Crippen molar-refractivity contribution in [1.29, 1.82) is 0 Å². The number of nitrogens with zero attached hydrogens (tertiary/aromatic N) is 1. The minimum Gasteiger partial charge on any atom is -0.397 e. The molecule has 1 aromatic carbocycles. The number of hydrogen-bond acceptors (Lipinski definition) is 3. The monoisotopic (exact) mass is 221 g/mol. The molecule has 0 saturated carbocycles. The summed E-state index contributed by atoms with van der Waals surface area (Å²) in [6.45, 7) is 4.63. The second-order valence-corrected chi connectivity index (χ2v) is 3.67. The van der Waals surface area contributed by atoms with Gasteiger partial charge in [0, 0.05) is 6.54 Å². The van der Waals surface area contributed by atoms with Crippen LogP contribution >= 0.6 is 0 Å². The number of anilines is 2. The van der Waals surface area contributed by atoms with Crippen molar-refractivity contribution in [2.24, 2.45) is 5.73 Å². The van der Waals surface area contributed by atoms with Crippen LogP contribution in [0.4, 0.5) is 11.4 Å². The molecule has 1 aromatic rings. The van der Waals surface area contributed by atoms with Crippen molar-refractivity contribution < 1.29 is 4.79 Å². The largest absolute Gasteiger partial charge is 0.397 e. The molecule has 0 fully saturated rings. The van der Waals surface area contributed by atoms with Crippen LogP contribution in [0.15, 0.2) is 24.3 Å². The maximum atomic E-state index is 11.4. The van der Waals surface area contributed by atoms with Crippen molar-refractivity contribution in [2.75, 3.05) is 17.2 Å². The molecule has 0 spiro atoms. The number of likely N-dealkylation sites (N-methyl/N-ethyl adjacent to an activating group) is 1. The number of amides is 1. The van der Waals surface area contributed by atoms with Gasteiger partial charge in [-0.05, 0) is 25.5 Å². The van der Waals surface area contributed by atoms with Gasteiger partial charge in [-0.25, -0.2) is 0 Å².